The number of benzene rings is 1. The maximum absolute atomic E-state index is 13.1. The SMILES string of the molecule is OC(c1ccc(F)cc1)(c1cncnc1)c1ccco1. The summed E-state index contributed by atoms with van der Waals surface area (Å²) in [5, 5.41) is 11.1. The summed E-state index contributed by atoms with van der Waals surface area (Å²) in [6.45, 7) is 0. The molecule has 0 radical (unpaired) electrons. The first-order chi connectivity index (χ1) is 9.71. The average Bonchev–Trinajstić information content (AvgIpc) is 3.03. The van der Waals surface area contributed by atoms with Crippen molar-refractivity contribution in [2.75, 3.05) is 0 Å². The maximum atomic E-state index is 13.1. The van der Waals surface area contributed by atoms with Gasteiger partial charge in [0, 0.05) is 18.0 Å². The van der Waals surface area contributed by atoms with Crippen LogP contribution in [-0.4, -0.2) is 15.1 Å². The predicted molar refractivity (Wildman–Crippen MR) is 69.2 cm³/mol. The molecule has 0 amide bonds. The third-order valence-electron chi connectivity index (χ3n) is 3.12. The van der Waals surface area contributed by atoms with Crippen LogP contribution in [0, 0.1) is 5.82 Å². The van der Waals surface area contributed by atoms with E-state index in [4.69, 9.17) is 4.42 Å². The Morgan fingerprint density at radius 1 is 1.00 bits per heavy atom. The van der Waals surface area contributed by atoms with Gasteiger partial charge in [-0.05, 0) is 29.8 Å². The zero-order valence-electron chi connectivity index (χ0n) is 10.4. The molecule has 0 bridgehead atoms. The first-order valence-electron chi connectivity index (χ1n) is 5.99. The molecule has 0 saturated heterocycles. The fraction of sp³-hybridized carbons (Fsp3) is 0.0667. The molecule has 0 fully saturated rings. The number of aromatic nitrogens is 2. The number of hydrogen-bond donors (Lipinski definition) is 1. The molecule has 0 aliphatic carbocycles. The molecular weight excluding hydrogens is 259 g/mol. The first-order valence-corrected chi connectivity index (χ1v) is 5.99. The number of aliphatic hydroxyl groups is 1. The molecule has 1 aromatic carbocycles. The number of hydrogen-bond acceptors (Lipinski definition) is 4. The predicted octanol–water partition coefficient (Wildman–Crippen LogP) is 2.49. The van der Waals surface area contributed by atoms with Crippen LogP contribution in [0.4, 0.5) is 4.39 Å². The van der Waals surface area contributed by atoms with Gasteiger partial charge in [0.1, 0.15) is 17.9 Å². The Hall–Kier alpha value is -2.53. The second kappa shape index (κ2) is 4.86. The van der Waals surface area contributed by atoms with Crippen molar-refractivity contribution in [2.45, 2.75) is 5.60 Å². The van der Waals surface area contributed by atoms with Crippen molar-refractivity contribution in [3.63, 3.8) is 0 Å². The number of halogens is 1. The van der Waals surface area contributed by atoms with E-state index in [9.17, 15) is 9.50 Å². The summed E-state index contributed by atoms with van der Waals surface area (Å²) in [7, 11) is 0. The molecule has 1 atom stereocenters. The lowest BCUT2D eigenvalue weighted by Gasteiger charge is -2.26. The van der Waals surface area contributed by atoms with Crippen LogP contribution >= 0.6 is 0 Å². The zero-order chi connectivity index (χ0) is 14.0. The number of nitrogens with zero attached hydrogens (tertiary/aromatic N) is 2. The molecular formula is C15H11FN2O2. The van der Waals surface area contributed by atoms with Crippen LogP contribution < -0.4 is 0 Å². The van der Waals surface area contributed by atoms with Gasteiger partial charge in [-0.2, -0.15) is 0 Å². The lowest BCUT2D eigenvalue weighted by molar-refractivity contribution is 0.0981. The molecule has 1 N–H and O–H groups in total. The minimum absolute atomic E-state index is 0.318. The molecule has 2 heterocycles. The summed E-state index contributed by atoms with van der Waals surface area (Å²) in [6, 6.07) is 8.90. The second-order valence-corrected chi connectivity index (χ2v) is 4.32. The Kier molecular flexibility index (Phi) is 3.04. The van der Waals surface area contributed by atoms with Crippen molar-refractivity contribution in [3.8, 4) is 0 Å². The van der Waals surface area contributed by atoms with Gasteiger partial charge in [-0.15, -0.1) is 0 Å². The van der Waals surface area contributed by atoms with E-state index < -0.39 is 5.60 Å². The maximum Gasteiger partial charge on any atom is 0.176 e. The van der Waals surface area contributed by atoms with Crippen molar-refractivity contribution in [1.29, 1.82) is 0 Å². The van der Waals surface area contributed by atoms with Gasteiger partial charge < -0.3 is 9.52 Å². The van der Waals surface area contributed by atoms with E-state index in [0.717, 1.165) is 0 Å². The zero-order valence-corrected chi connectivity index (χ0v) is 10.4. The number of rotatable bonds is 3. The quantitative estimate of drug-likeness (QED) is 0.794. The lowest BCUT2D eigenvalue weighted by Crippen LogP contribution is -2.28. The van der Waals surface area contributed by atoms with Crippen molar-refractivity contribution >= 4 is 0 Å². The van der Waals surface area contributed by atoms with Crippen molar-refractivity contribution in [2.24, 2.45) is 0 Å². The largest absolute Gasteiger partial charge is 0.466 e. The molecule has 1 unspecified atom stereocenters. The van der Waals surface area contributed by atoms with Gasteiger partial charge in [0.2, 0.25) is 0 Å². The topological polar surface area (TPSA) is 59.2 Å². The van der Waals surface area contributed by atoms with Gasteiger partial charge >= 0.3 is 0 Å². The molecule has 100 valence electrons. The Bertz CT molecular complexity index is 684. The number of furan rings is 1. The van der Waals surface area contributed by atoms with E-state index in [2.05, 4.69) is 9.97 Å². The molecule has 20 heavy (non-hydrogen) atoms. The van der Waals surface area contributed by atoms with E-state index in [0.29, 0.717) is 16.9 Å². The minimum Gasteiger partial charge on any atom is -0.466 e. The van der Waals surface area contributed by atoms with Crippen molar-refractivity contribution in [3.05, 3.63) is 84.1 Å². The smallest absolute Gasteiger partial charge is 0.176 e. The molecule has 0 spiro atoms. The van der Waals surface area contributed by atoms with Crippen molar-refractivity contribution in [1.82, 2.24) is 9.97 Å². The second-order valence-electron chi connectivity index (χ2n) is 4.32. The summed E-state index contributed by atoms with van der Waals surface area (Å²) in [5.41, 5.74) is -0.636. The monoisotopic (exact) mass is 270 g/mol. The molecule has 4 nitrogen and oxygen atoms in total. The van der Waals surface area contributed by atoms with E-state index in [1.54, 1.807) is 12.1 Å². The molecule has 3 aromatic rings. The summed E-state index contributed by atoms with van der Waals surface area (Å²) in [5.74, 6) is -0.0567. The highest BCUT2D eigenvalue weighted by atomic mass is 19.1. The van der Waals surface area contributed by atoms with E-state index in [-0.39, 0.29) is 5.82 Å². The molecule has 3 rings (SSSR count). The summed E-state index contributed by atoms with van der Waals surface area (Å²) in [6.07, 6.45) is 5.84. The fourth-order valence-corrected chi connectivity index (χ4v) is 2.11. The summed E-state index contributed by atoms with van der Waals surface area (Å²) in [4.78, 5) is 7.83. The van der Waals surface area contributed by atoms with Crippen molar-refractivity contribution < 1.29 is 13.9 Å². The Morgan fingerprint density at radius 2 is 1.70 bits per heavy atom. The standard InChI is InChI=1S/C15H11FN2O2/c16-13-5-3-11(4-6-13)15(19,14-2-1-7-20-14)12-8-17-10-18-9-12/h1-10,19H. The van der Waals surface area contributed by atoms with Crippen LogP contribution in [0.2, 0.25) is 0 Å². The van der Waals surface area contributed by atoms with Crippen LogP contribution in [0.3, 0.4) is 0 Å². The van der Waals surface area contributed by atoms with Gasteiger partial charge in [-0.1, -0.05) is 12.1 Å². The third kappa shape index (κ3) is 1.98. The first kappa shape index (κ1) is 12.5. The van der Waals surface area contributed by atoms with E-state index in [1.807, 2.05) is 0 Å². The van der Waals surface area contributed by atoms with Gasteiger partial charge in [-0.25, -0.2) is 14.4 Å². The van der Waals surface area contributed by atoms with Gasteiger partial charge in [0.05, 0.1) is 6.26 Å². The van der Waals surface area contributed by atoms with Crippen LogP contribution in [-0.2, 0) is 5.60 Å². The normalized spacial score (nSPS) is 13.9. The Balaban J connectivity index is 2.21. The Labute approximate surface area is 114 Å². The van der Waals surface area contributed by atoms with Crippen LogP contribution in [0.1, 0.15) is 16.9 Å². The summed E-state index contributed by atoms with van der Waals surface area (Å²) >= 11 is 0. The summed E-state index contributed by atoms with van der Waals surface area (Å²) < 4.78 is 18.4. The fourth-order valence-electron chi connectivity index (χ4n) is 2.11. The highest BCUT2D eigenvalue weighted by molar-refractivity contribution is 5.41. The van der Waals surface area contributed by atoms with E-state index in [1.165, 1.54) is 49.2 Å². The van der Waals surface area contributed by atoms with Crippen LogP contribution in [0.5, 0.6) is 0 Å². The molecule has 2 aromatic heterocycles. The molecule has 5 heteroatoms. The third-order valence-corrected chi connectivity index (χ3v) is 3.12. The highest BCUT2D eigenvalue weighted by Gasteiger charge is 2.37. The van der Waals surface area contributed by atoms with Crippen LogP contribution in [0.25, 0.3) is 0 Å². The highest BCUT2D eigenvalue weighted by Crippen LogP contribution is 2.36. The van der Waals surface area contributed by atoms with E-state index >= 15 is 0 Å². The molecule has 0 saturated carbocycles. The lowest BCUT2D eigenvalue weighted by atomic mass is 9.86. The van der Waals surface area contributed by atoms with Gasteiger partial charge in [0.25, 0.3) is 0 Å². The van der Waals surface area contributed by atoms with Gasteiger partial charge in [-0.3, -0.25) is 0 Å². The molecule has 0 aliphatic rings. The average molecular weight is 270 g/mol. The molecule has 0 aliphatic heterocycles. The van der Waals surface area contributed by atoms with Gasteiger partial charge in [0.15, 0.2) is 5.60 Å². The van der Waals surface area contributed by atoms with Crippen LogP contribution in [0.15, 0.2) is 65.8 Å². The Morgan fingerprint density at radius 3 is 2.30 bits per heavy atom. The minimum atomic E-state index is -1.56.